The van der Waals surface area contributed by atoms with Crippen molar-refractivity contribution in [2.24, 2.45) is 11.1 Å². The third-order valence-corrected chi connectivity index (χ3v) is 3.09. The maximum Gasteiger partial charge on any atom is 0.107 e. The van der Waals surface area contributed by atoms with E-state index in [-0.39, 0.29) is 5.41 Å². The van der Waals surface area contributed by atoms with Crippen LogP contribution in [0.4, 0.5) is 0 Å². The molecule has 2 rings (SSSR count). The average Bonchev–Trinajstić information content (AvgIpc) is 2.70. The van der Waals surface area contributed by atoms with Crippen molar-refractivity contribution < 1.29 is 0 Å². The van der Waals surface area contributed by atoms with E-state index in [1.165, 1.54) is 0 Å². The predicted molar refractivity (Wildman–Crippen MR) is 73.1 cm³/mol. The van der Waals surface area contributed by atoms with Crippen LogP contribution in [-0.2, 0) is 6.42 Å². The normalized spacial score (nSPS) is 11.8. The second kappa shape index (κ2) is 4.90. The third-order valence-electron chi connectivity index (χ3n) is 3.09. The van der Waals surface area contributed by atoms with Gasteiger partial charge in [-0.1, -0.05) is 13.8 Å². The van der Waals surface area contributed by atoms with Crippen LogP contribution in [0.15, 0.2) is 24.5 Å². The van der Waals surface area contributed by atoms with Crippen LogP contribution in [0.5, 0.6) is 0 Å². The fourth-order valence-electron chi connectivity index (χ4n) is 1.92. The van der Waals surface area contributed by atoms with Gasteiger partial charge >= 0.3 is 0 Å². The second-order valence-corrected chi connectivity index (χ2v) is 5.44. The molecule has 18 heavy (non-hydrogen) atoms. The van der Waals surface area contributed by atoms with E-state index in [0.29, 0.717) is 6.54 Å². The van der Waals surface area contributed by atoms with Gasteiger partial charge in [-0.25, -0.2) is 4.98 Å². The number of H-pyrrole nitrogens is 1. The number of nitrogens with zero attached hydrogens (tertiary/aromatic N) is 2. The Bertz CT molecular complexity index is 514. The number of aromatic amines is 1. The number of pyridine rings is 1. The number of rotatable bonds is 4. The Morgan fingerprint density at radius 2 is 1.94 bits per heavy atom. The van der Waals surface area contributed by atoms with Crippen LogP contribution in [-0.4, -0.2) is 21.5 Å². The highest BCUT2D eigenvalue weighted by Gasteiger charge is 2.19. The Kier molecular flexibility index (Phi) is 3.48. The molecule has 2 aromatic rings. The molecule has 0 aliphatic heterocycles. The summed E-state index contributed by atoms with van der Waals surface area (Å²) in [5.41, 5.74) is 9.01. The zero-order valence-electron chi connectivity index (χ0n) is 11.2. The van der Waals surface area contributed by atoms with Crippen molar-refractivity contribution in [3.05, 3.63) is 36.0 Å². The first kappa shape index (κ1) is 12.8. The zero-order chi connectivity index (χ0) is 13.2. The van der Waals surface area contributed by atoms with Gasteiger partial charge in [0.15, 0.2) is 0 Å². The van der Waals surface area contributed by atoms with Crippen LogP contribution >= 0.6 is 0 Å². The van der Waals surface area contributed by atoms with Crippen LogP contribution in [0.2, 0.25) is 0 Å². The van der Waals surface area contributed by atoms with Crippen LogP contribution in [0, 0.1) is 12.3 Å². The molecule has 0 spiro atoms. The molecule has 0 amide bonds. The highest BCUT2D eigenvalue weighted by Crippen LogP contribution is 2.24. The summed E-state index contributed by atoms with van der Waals surface area (Å²) in [5, 5.41) is 0. The molecule has 3 N–H and O–H groups in total. The van der Waals surface area contributed by atoms with Gasteiger partial charge in [0.05, 0.1) is 5.69 Å². The summed E-state index contributed by atoms with van der Waals surface area (Å²) in [6.45, 7) is 6.99. The first-order valence-corrected chi connectivity index (χ1v) is 6.18. The van der Waals surface area contributed by atoms with E-state index >= 15 is 0 Å². The minimum atomic E-state index is 0.0693. The lowest BCUT2D eigenvalue weighted by atomic mass is 9.89. The second-order valence-electron chi connectivity index (χ2n) is 5.44. The number of aryl methyl sites for hydroxylation is 1. The number of nitrogens with one attached hydrogen (secondary N) is 1. The average molecular weight is 244 g/mol. The van der Waals surface area contributed by atoms with Crippen LogP contribution in [0.25, 0.3) is 11.3 Å². The van der Waals surface area contributed by atoms with Crippen molar-refractivity contribution in [3.63, 3.8) is 0 Å². The minimum Gasteiger partial charge on any atom is -0.346 e. The first-order chi connectivity index (χ1) is 8.52. The lowest BCUT2D eigenvalue weighted by Crippen LogP contribution is -2.26. The molecule has 0 atom stereocenters. The van der Waals surface area contributed by atoms with Crippen molar-refractivity contribution >= 4 is 0 Å². The van der Waals surface area contributed by atoms with Gasteiger partial charge in [0.25, 0.3) is 0 Å². The van der Waals surface area contributed by atoms with E-state index in [2.05, 4.69) is 28.8 Å². The molecular weight excluding hydrogens is 224 g/mol. The molecule has 0 saturated carbocycles. The fourth-order valence-corrected chi connectivity index (χ4v) is 1.92. The first-order valence-electron chi connectivity index (χ1n) is 6.18. The third kappa shape index (κ3) is 2.76. The Morgan fingerprint density at radius 3 is 2.56 bits per heavy atom. The number of hydrogen-bond donors (Lipinski definition) is 2. The highest BCUT2D eigenvalue weighted by molar-refractivity contribution is 5.61. The van der Waals surface area contributed by atoms with E-state index in [4.69, 9.17) is 5.73 Å². The van der Waals surface area contributed by atoms with Crippen LogP contribution < -0.4 is 5.73 Å². The molecule has 0 radical (unpaired) electrons. The van der Waals surface area contributed by atoms with E-state index in [9.17, 15) is 0 Å². The number of imidazole rings is 1. The summed E-state index contributed by atoms with van der Waals surface area (Å²) < 4.78 is 0. The maximum absolute atomic E-state index is 5.76. The van der Waals surface area contributed by atoms with Gasteiger partial charge in [0.1, 0.15) is 5.82 Å². The SMILES string of the molecule is Cc1[nH]c(CC(C)(C)CN)nc1-c1ccncc1. The topological polar surface area (TPSA) is 67.6 Å². The van der Waals surface area contributed by atoms with Crippen molar-refractivity contribution in [1.82, 2.24) is 15.0 Å². The summed E-state index contributed by atoms with van der Waals surface area (Å²) in [5.74, 6) is 0.995. The quantitative estimate of drug-likeness (QED) is 0.867. The number of nitrogens with two attached hydrogens (primary N) is 1. The van der Waals surface area contributed by atoms with Gasteiger partial charge in [-0.2, -0.15) is 0 Å². The molecule has 0 aromatic carbocycles. The standard InChI is InChI=1S/C14H20N4/c1-10-13(11-4-6-16-7-5-11)18-12(17-10)8-14(2,3)9-15/h4-7H,8-9,15H2,1-3H3,(H,17,18). The molecule has 96 valence electrons. The summed E-state index contributed by atoms with van der Waals surface area (Å²) in [6.07, 6.45) is 4.43. The van der Waals surface area contributed by atoms with Crippen molar-refractivity contribution in [3.8, 4) is 11.3 Å². The number of aromatic nitrogens is 3. The molecule has 4 nitrogen and oxygen atoms in total. The molecule has 0 saturated heterocycles. The van der Waals surface area contributed by atoms with Crippen LogP contribution in [0.3, 0.4) is 0 Å². The summed E-state index contributed by atoms with van der Waals surface area (Å²) in [7, 11) is 0. The zero-order valence-corrected chi connectivity index (χ0v) is 11.2. The summed E-state index contributed by atoms with van der Waals surface area (Å²) in [4.78, 5) is 12.0. The predicted octanol–water partition coefficient (Wildman–Crippen LogP) is 2.31. The van der Waals surface area contributed by atoms with E-state index in [1.807, 2.05) is 19.1 Å². The van der Waals surface area contributed by atoms with E-state index in [0.717, 1.165) is 29.2 Å². The Labute approximate surface area is 108 Å². The van der Waals surface area contributed by atoms with Gasteiger partial charge in [-0.3, -0.25) is 4.98 Å². The lowest BCUT2D eigenvalue weighted by Gasteiger charge is -2.20. The van der Waals surface area contributed by atoms with Crippen molar-refractivity contribution in [2.45, 2.75) is 27.2 Å². The molecule has 0 aliphatic carbocycles. The Balaban J connectivity index is 2.28. The molecule has 2 aromatic heterocycles. The molecule has 0 fully saturated rings. The minimum absolute atomic E-state index is 0.0693. The fraction of sp³-hybridized carbons (Fsp3) is 0.429. The smallest absolute Gasteiger partial charge is 0.107 e. The molecule has 4 heteroatoms. The van der Waals surface area contributed by atoms with Gasteiger partial charge in [0.2, 0.25) is 0 Å². The molecular formula is C14H20N4. The molecule has 0 bridgehead atoms. The Hall–Kier alpha value is -1.68. The summed E-state index contributed by atoms with van der Waals surface area (Å²) >= 11 is 0. The maximum atomic E-state index is 5.76. The van der Waals surface area contributed by atoms with Crippen LogP contribution in [0.1, 0.15) is 25.4 Å². The van der Waals surface area contributed by atoms with Gasteiger partial charge in [-0.05, 0) is 31.0 Å². The monoisotopic (exact) mass is 244 g/mol. The molecule has 2 heterocycles. The molecule has 0 aliphatic rings. The van der Waals surface area contributed by atoms with E-state index in [1.54, 1.807) is 12.4 Å². The van der Waals surface area contributed by atoms with E-state index < -0.39 is 0 Å². The lowest BCUT2D eigenvalue weighted by molar-refractivity contribution is 0.369. The highest BCUT2D eigenvalue weighted by atomic mass is 14.9. The number of hydrogen-bond acceptors (Lipinski definition) is 3. The van der Waals surface area contributed by atoms with Gasteiger partial charge in [-0.15, -0.1) is 0 Å². The van der Waals surface area contributed by atoms with Gasteiger partial charge < -0.3 is 10.7 Å². The van der Waals surface area contributed by atoms with Crippen molar-refractivity contribution in [1.29, 1.82) is 0 Å². The van der Waals surface area contributed by atoms with Crippen molar-refractivity contribution in [2.75, 3.05) is 6.54 Å². The largest absolute Gasteiger partial charge is 0.346 e. The summed E-state index contributed by atoms with van der Waals surface area (Å²) in [6, 6.07) is 3.95. The van der Waals surface area contributed by atoms with Gasteiger partial charge in [0, 0.05) is 30.1 Å². The molecule has 0 unspecified atom stereocenters. The Morgan fingerprint density at radius 1 is 1.28 bits per heavy atom.